The van der Waals surface area contributed by atoms with Crippen LogP contribution in [0.4, 0.5) is 10.2 Å². The molecule has 10 heteroatoms. The maximum absolute atomic E-state index is 13.7. The number of carbonyl (C=O) groups is 1. The molecule has 2 aromatic heterocycles. The van der Waals surface area contributed by atoms with Gasteiger partial charge in [-0.2, -0.15) is 14.4 Å². The summed E-state index contributed by atoms with van der Waals surface area (Å²) in [5.74, 6) is 1.65. The number of aliphatic hydroxyl groups excluding tert-OH is 1. The third kappa shape index (κ3) is 4.16. The van der Waals surface area contributed by atoms with Crippen molar-refractivity contribution in [3.63, 3.8) is 0 Å². The molecule has 1 aliphatic carbocycles. The Kier molecular flexibility index (Phi) is 6.30. The molecule has 2 aromatic rings. The summed E-state index contributed by atoms with van der Waals surface area (Å²) in [5.41, 5.74) is 4.43. The van der Waals surface area contributed by atoms with Crippen LogP contribution in [0.1, 0.15) is 32.1 Å². The van der Waals surface area contributed by atoms with Crippen molar-refractivity contribution >= 4 is 23.0 Å². The van der Waals surface area contributed by atoms with Crippen molar-refractivity contribution < 1.29 is 23.8 Å². The number of imidazole rings is 1. The van der Waals surface area contributed by atoms with Crippen molar-refractivity contribution in [1.29, 1.82) is 0 Å². The molecule has 1 saturated carbocycles. The van der Waals surface area contributed by atoms with Gasteiger partial charge < -0.3 is 24.9 Å². The number of nitrogen functional groups attached to an aromatic ring is 1. The summed E-state index contributed by atoms with van der Waals surface area (Å²) in [6.45, 7) is -0.649. The summed E-state index contributed by atoms with van der Waals surface area (Å²) in [5, 5.41) is 9.91. The van der Waals surface area contributed by atoms with E-state index in [0.717, 1.165) is 32.1 Å². The molecule has 29 heavy (non-hydrogen) atoms. The van der Waals surface area contributed by atoms with Gasteiger partial charge in [-0.1, -0.05) is 25.2 Å². The van der Waals surface area contributed by atoms with Gasteiger partial charge in [-0.3, -0.25) is 4.79 Å². The topological polar surface area (TPSA) is 125 Å². The first kappa shape index (κ1) is 21.0. The van der Waals surface area contributed by atoms with E-state index in [2.05, 4.69) is 20.9 Å². The zero-order valence-electron chi connectivity index (χ0n) is 16.2. The maximum atomic E-state index is 13.7. The number of nitrogens with two attached hydrogens (primary N) is 1. The van der Waals surface area contributed by atoms with Crippen molar-refractivity contribution in [2.45, 2.75) is 50.4 Å². The molecule has 0 radical (unpaired) electrons. The Morgan fingerprint density at radius 2 is 2.21 bits per heavy atom. The maximum Gasteiger partial charge on any atom is 0.312 e. The van der Waals surface area contributed by atoms with E-state index in [1.54, 1.807) is 0 Å². The highest BCUT2D eigenvalue weighted by Crippen LogP contribution is 2.28. The molecule has 9 nitrogen and oxygen atoms in total. The van der Waals surface area contributed by atoms with Crippen LogP contribution >= 0.6 is 0 Å². The second kappa shape index (κ2) is 8.71. The lowest BCUT2D eigenvalue weighted by molar-refractivity contribution is -0.173. The number of rotatable bonds is 7. The van der Waals surface area contributed by atoms with Crippen molar-refractivity contribution in [3.8, 4) is 12.3 Å². The Balaban J connectivity index is 1.93. The number of hydrogen-bond acceptors (Lipinski definition) is 8. The highest BCUT2D eigenvalue weighted by Gasteiger charge is 2.42. The molecule has 2 heterocycles. The zero-order valence-corrected chi connectivity index (χ0v) is 16.2. The average molecular weight is 405 g/mol. The number of aliphatic hydroxyl groups is 1. The fourth-order valence-corrected chi connectivity index (χ4v) is 3.60. The third-order valence-corrected chi connectivity index (χ3v) is 5.39. The van der Waals surface area contributed by atoms with E-state index < -0.39 is 30.4 Å². The lowest BCUT2D eigenvalue weighted by Crippen LogP contribution is -2.51. The second-order valence-corrected chi connectivity index (χ2v) is 7.10. The van der Waals surface area contributed by atoms with E-state index in [-0.39, 0.29) is 29.4 Å². The van der Waals surface area contributed by atoms with Crippen LogP contribution in [0.5, 0.6) is 0 Å². The highest BCUT2D eigenvalue weighted by molar-refractivity contribution is 5.81. The number of methoxy groups -OCH3 is 1. The molecule has 0 aromatic carbocycles. The number of halogens is 1. The van der Waals surface area contributed by atoms with Gasteiger partial charge in [0.2, 0.25) is 0 Å². The standard InChI is InChI=1S/C19H24FN5O4/c1-3-19(10-26,28-2)13(29-17(27)12-7-5-4-6-8-12)9-25-11-22-14-15(21)23-18(20)24-16(14)25/h1,11-13,26H,4-10H2,2H3,(H2,21,23,24)/t13-,19?/m0/s1. The van der Waals surface area contributed by atoms with Gasteiger partial charge in [-0.05, 0) is 12.8 Å². The van der Waals surface area contributed by atoms with Crippen molar-refractivity contribution in [1.82, 2.24) is 19.5 Å². The van der Waals surface area contributed by atoms with Crippen molar-refractivity contribution in [3.05, 3.63) is 12.4 Å². The molecule has 1 aliphatic rings. The Hall–Kier alpha value is -2.77. The van der Waals surface area contributed by atoms with Gasteiger partial charge in [0, 0.05) is 7.11 Å². The van der Waals surface area contributed by atoms with E-state index in [1.807, 2.05) is 0 Å². The minimum absolute atomic E-state index is 0.0660. The van der Waals surface area contributed by atoms with E-state index in [4.69, 9.17) is 21.6 Å². The largest absolute Gasteiger partial charge is 0.456 e. The van der Waals surface area contributed by atoms with Crippen molar-refractivity contribution in [2.24, 2.45) is 5.92 Å². The van der Waals surface area contributed by atoms with E-state index in [0.29, 0.717) is 0 Å². The van der Waals surface area contributed by atoms with Gasteiger partial charge in [0.25, 0.3) is 0 Å². The molecule has 0 aliphatic heterocycles. The molecule has 2 atom stereocenters. The van der Waals surface area contributed by atoms with Crippen LogP contribution in [0.15, 0.2) is 6.33 Å². The first-order chi connectivity index (χ1) is 13.9. The summed E-state index contributed by atoms with van der Waals surface area (Å²) < 4.78 is 26.2. The van der Waals surface area contributed by atoms with Crippen LogP contribution in [-0.4, -0.2) is 56.0 Å². The molecule has 1 fully saturated rings. The van der Waals surface area contributed by atoms with Crippen LogP contribution in [0.25, 0.3) is 11.2 Å². The van der Waals surface area contributed by atoms with Gasteiger partial charge in [0.05, 0.1) is 25.4 Å². The summed E-state index contributed by atoms with van der Waals surface area (Å²) in [6.07, 6.45) is 9.39. The number of ether oxygens (including phenoxy) is 2. The summed E-state index contributed by atoms with van der Waals surface area (Å²) in [7, 11) is 1.32. The number of aromatic nitrogens is 4. The molecule has 0 amide bonds. The number of anilines is 1. The van der Waals surface area contributed by atoms with E-state index in [1.165, 1.54) is 18.0 Å². The lowest BCUT2D eigenvalue weighted by Gasteiger charge is -2.34. The number of esters is 1. The van der Waals surface area contributed by atoms with Crippen LogP contribution in [-0.2, 0) is 20.8 Å². The first-order valence-electron chi connectivity index (χ1n) is 9.42. The monoisotopic (exact) mass is 405 g/mol. The number of carbonyl (C=O) groups excluding carboxylic acids is 1. The van der Waals surface area contributed by atoms with Gasteiger partial charge in [0.15, 0.2) is 23.2 Å². The molecule has 0 saturated heterocycles. The quantitative estimate of drug-likeness (QED) is 0.398. The predicted octanol–water partition coefficient (Wildman–Crippen LogP) is 1.05. The fourth-order valence-electron chi connectivity index (χ4n) is 3.60. The SMILES string of the molecule is C#CC(CO)(OC)[C@H](Cn1cnc2c(N)nc(F)nc21)OC(=O)C1CCCCC1. The van der Waals surface area contributed by atoms with Crippen LogP contribution < -0.4 is 5.73 Å². The second-order valence-electron chi connectivity index (χ2n) is 7.10. The molecule has 3 rings (SSSR count). The van der Waals surface area contributed by atoms with Gasteiger partial charge in [-0.15, -0.1) is 6.42 Å². The number of nitrogens with zero attached hydrogens (tertiary/aromatic N) is 4. The Morgan fingerprint density at radius 3 is 2.83 bits per heavy atom. The highest BCUT2D eigenvalue weighted by atomic mass is 19.1. The molecular formula is C19H24FN5O4. The zero-order chi connectivity index (χ0) is 21.0. The Labute approximate surface area is 167 Å². The molecule has 3 N–H and O–H groups in total. The molecule has 156 valence electrons. The van der Waals surface area contributed by atoms with Crippen LogP contribution in [0.3, 0.4) is 0 Å². The normalized spacial score (nSPS) is 18.1. The van der Waals surface area contributed by atoms with E-state index >= 15 is 0 Å². The number of hydrogen-bond donors (Lipinski definition) is 2. The fraction of sp³-hybridized carbons (Fsp3) is 0.579. The van der Waals surface area contributed by atoms with Gasteiger partial charge in [0.1, 0.15) is 5.52 Å². The average Bonchev–Trinajstić information content (AvgIpc) is 3.13. The van der Waals surface area contributed by atoms with E-state index in [9.17, 15) is 14.3 Å². The summed E-state index contributed by atoms with van der Waals surface area (Å²) >= 11 is 0. The summed E-state index contributed by atoms with van der Waals surface area (Å²) in [4.78, 5) is 24.0. The van der Waals surface area contributed by atoms with Crippen molar-refractivity contribution in [2.75, 3.05) is 19.5 Å². The van der Waals surface area contributed by atoms with Crippen LogP contribution in [0, 0.1) is 24.3 Å². The Bertz CT molecular complexity index is 915. The number of fused-ring (bicyclic) bond motifs is 1. The third-order valence-electron chi connectivity index (χ3n) is 5.39. The lowest BCUT2D eigenvalue weighted by atomic mass is 9.89. The molecule has 1 unspecified atom stereocenters. The number of terminal acetylenes is 1. The minimum atomic E-state index is -1.59. The molecular weight excluding hydrogens is 381 g/mol. The minimum Gasteiger partial charge on any atom is -0.456 e. The summed E-state index contributed by atoms with van der Waals surface area (Å²) in [6, 6.07) is 0. The molecule has 0 bridgehead atoms. The van der Waals surface area contributed by atoms with Gasteiger partial charge >= 0.3 is 12.0 Å². The van der Waals surface area contributed by atoms with Gasteiger partial charge in [-0.25, -0.2) is 4.98 Å². The van der Waals surface area contributed by atoms with Crippen LogP contribution in [0.2, 0.25) is 0 Å². The first-order valence-corrected chi connectivity index (χ1v) is 9.42. The predicted molar refractivity (Wildman–Crippen MR) is 102 cm³/mol. The Morgan fingerprint density at radius 1 is 1.48 bits per heavy atom. The molecule has 0 spiro atoms. The smallest absolute Gasteiger partial charge is 0.312 e.